The number of piperidine rings is 1. The number of nitrogens with zero attached hydrogens (tertiary/aromatic N) is 9. The van der Waals surface area contributed by atoms with E-state index in [0.29, 0.717) is 58.2 Å². The van der Waals surface area contributed by atoms with Crippen molar-refractivity contribution in [2.24, 2.45) is 17.9 Å². The number of nitrogens with one attached hydrogen (secondary N) is 2. The van der Waals surface area contributed by atoms with Gasteiger partial charge in [-0.1, -0.05) is 13.5 Å². The number of hydrogen-bond acceptors (Lipinski definition) is 11. The Morgan fingerprint density at radius 1 is 1.02 bits per heavy atom. The normalized spacial score (nSPS) is 20.1. The summed E-state index contributed by atoms with van der Waals surface area (Å²) in [7, 11) is 3.72. The molecule has 3 saturated heterocycles. The highest BCUT2D eigenvalue weighted by atomic mass is 32.2. The number of ether oxygens (including phenoxy) is 1. The monoisotopic (exact) mass is 861 g/mol. The smallest absolute Gasteiger partial charge is 0.327 e. The zero-order valence-corrected chi connectivity index (χ0v) is 35.9. The molecule has 322 valence electrons. The van der Waals surface area contributed by atoms with Crippen molar-refractivity contribution in [2.45, 2.75) is 64.0 Å². The third-order valence-electron chi connectivity index (χ3n) is 14.1. The SMILES string of the molecule is C=C1CCN(c2nn(C)c3cc(N4CC5(CC(N6CCC7(CC6)CC(n6cnc8ccc(Oc9c(F)ccc(NSN(C)CC)c9C#N)cc8c6=O)C7)C5)C4)c(F)cc23)C(=O)N1. The van der Waals surface area contributed by atoms with Gasteiger partial charge in [-0.25, -0.2) is 22.9 Å². The van der Waals surface area contributed by atoms with Gasteiger partial charge >= 0.3 is 6.03 Å². The molecule has 0 radical (unpaired) electrons. The van der Waals surface area contributed by atoms with Gasteiger partial charge in [0.15, 0.2) is 17.4 Å². The van der Waals surface area contributed by atoms with Crippen molar-refractivity contribution in [3.8, 4) is 17.6 Å². The van der Waals surface area contributed by atoms with Gasteiger partial charge in [-0.15, -0.1) is 0 Å². The van der Waals surface area contributed by atoms with E-state index in [2.05, 4.69) is 42.6 Å². The minimum absolute atomic E-state index is 0.0319. The lowest BCUT2D eigenvalue weighted by Crippen LogP contribution is -2.67. The minimum Gasteiger partial charge on any atom is -0.453 e. The van der Waals surface area contributed by atoms with Crippen LogP contribution < -0.4 is 30.1 Å². The molecule has 5 aliphatic rings. The number of carbonyl (C=O) groups excluding carboxylic acids is 1. The zero-order chi connectivity index (χ0) is 43.1. The first-order valence-corrected chi connectivity index (χ1v) is 22.1. The molecule has 0 bridgehead atoms. The van der Waals surface area contributed by atoms with Crippen LogP contribution in [0.25, 0.3) is 21.8 Å². The van der Waals surface area contributed by atoms with Crippen LogP contribution in [0.4, 0.5) is 30.8 Å². The molecule has 5 fully saturated rings. The van der Waals surface area contributed by atoms with E-state index >= 15 is 8.78 Å². The summed E-state index contributed by atoms with van der Waals surface area (Å²) in [4.78, 5) is 37.5. The van der Waals surface area contributed by atoms with Crippen molar-refractivity contribution in [1.82, 2.24) is 33.9 Å². The summed E-state index contributed by atoms with van der Waals surface area (Å²) in [6.07, 6.45) is 8.50. The highest BCUT2D eigenvalue weighted by Gasteiger charge is 2.56. The van der Waals surface area contributed by atoms with E-state index in [1.807, 2.05) is 31.4 Å². The van der Waals surface area contributed by atoms with Crippen LogP contribution in [0, 0.1) is 33.8 Å². The minimum atomic E-state index is -0.677. The number of urea groups is 1. The summed E-state index contributed by atoms with van der Waals surface area (Å²) in [6, 6.07) is 13.4. The summed E-state index contributed by atoms with van der Waals surface area (Å²) in [6.45, 7) is 10.8. The number of rotatable bonds is 10. The third kappa shape index (κ3) is 6.92. The fourth-order valence-corrected chi connectivity index (χ4v) is 11.0. The van der Waals surface area contributed by atoms with Gasteiger partial charge in [0.1, 0.15) is 23.2 Å². The molecule has 2 amide bonds. The second kappa shape index (κ2) is 15.3. The van der Waals surface area contributed by atoms with Gasteiger partial charge < -0.3 is 24.6 Å². The van der Waals surface area contributed by atoms with Crippen LogP contribution in [-0.4, -0.2) is 86.9 Å². The lowest BCUT2D eigenvalue weighted by atomic mass is 9.57. The zero-order valence-electron chi connectivity index (χ0n) is 35.1. The standard InChI is InChI=1S/C45H49F2N11O3S/c1-5-53(3)62-52-37-9-7-34(46)40(33(37)23-48)61-30-6-8-36-31(16-30)42(59)58(26-49-36)29-21-44(22-29)11-14-55(15-12-44)28-19-45(20-28)24-56(25-45)39-18-38-32(17-35(39)47)41(51-54(38)4)57-13-10-27(2)50-43(57)60/h6-9,16-18,26,28-29,52H,2,5,10-15,19-22,24-25H2,1,3-4H3,(H,50,60). The summed E-state index contributed by atoms with van der Waals surface area (Å²) >= 11 is 1.29. The number of likely N-dealkylation sites (tertiary alicyclic amines) is 1. The Hall–Kier alpha value is -5.70. The van der Waals surface area contributed by atoms with Crippen LogP contribution in [0.15, 0.2) is 65.9 Å². The number of nitriles is 1. The highest BCUT2D eigenvalue weighted by molar-refractivity contribution is 7.98. The van der Waals surface area contributed by atoms with Crippen LogP contribution >= 0.6 is 12.1 Å². The largest absolute Gasteiger partial charge is 0.453 e. The average Bonchev–Trinajstić information content (AvgIpc) is 3.53. The summed E-state index contributed by atoms with van der Waals surface area (Å²) in [5.74, 6) is -0.479. The summed E-state index contributed by atoms with van der Waals surface area (Å²) in [5, 5.41) is 18.3. The Labute approximate surface area is 362 Å². The van der Waals surface area contributed by atoms with E-state index in [1.54, 1.807) is 38.7 Å². The molecular weight excluding hydrogens is 813 g/mol. The highest BCUT2D eigenvalue weighted by Crippen LogP contribution is 2.57. The predicted molar refractivity (Wildman–Crippen MR) is 236 cm³/mol. The molecule has 5 heterocycles. The van der Waals surface area contributed by atoms with E-state index in [-0.39, 0.29) is 51.3 Å². The van der Waals surface area contributed by atoms with Gasteiger partial charge in [0.25, 0.3) is 5.56 Å². The maximum absolute atomic E-state index is 15.7. The second-order valence-electron chi connectivity index (χ2n) is 18.0. The third-order valence-corrected chi connectivity index (χ3v) is 15.0. The van der Waals surface area contributed by atoms with Crippen LogP contribution in [0.3, 0.4) is 0 Å². The van der Waals surface area contributed by atoms with Crippen molar-refractivity contribution in [3.05, 3.63) is 88.6 Å². The Morgan fingerprint density at radius 2 is 1.77 bits per heavy atom. The molecule has 14 nitrogen and oxygen atoms in total. The first-order chi connectivity index (χ1) is 29.8. The van der Waals surface area contributed by atoms with Gasteiger partial charge in [-0.2, -0.15) is 10.4 Å². The van der Waals surface area contributed by atoms with Gasteiger partial charge in [0, 0.05) is 80.4 Å². The van der Waals surface area contributed by atoms with E-state index in [0.717, 1.165) is 76.8 Å². The number of amides is 2. The molecule has 2 aromatic heterocycles. The van der Waals surface area contributed by atoms with Gasteiger partial charge in [0.05, 0.1) is 34.1 Å². The summed E-state index contributed by atoms with van der Waals surface area (Å²) in [5.41, 5.74) is 3.28. The predicted octanol–water partition coefficient (Wildman–Crippen LogP) is 7.67. The number of benzene rings is 3. The van der Waals surface area contributed by atoms with E-state index in [4.69, 9.17) is 4.74 Å². The van der Waals surface area contributed by atoms with Crippen molar-refractivity contribution >= 4 is 57.2 Å². The molecule has 2 spiro atoms. The Balaban J connectivity index is 0.739. The van der Waals surface area contributed by atoms with Crippen molar-refractivity contribution in [1.29, 1.82) is 5.26 Å². The number of anilines is 3. The molecule has 10 rings (SSSR count). The van der Waals surface area contributed by atoms with E-state index in [1.165, 1.54) is 30.3 Å². The van der Waals surface area contributed by atoms with Gasteiger partial charge in [-0.05, 0) is 107 Å². The Kier molecular flexibility index (Phi) is 9.95. The molecular formula is C45H49F2N11O3S. The number of aryl methyl sites for hydroxylation is 1. The van der Waals surface area contributed by atoms with E-state index < -0.39 is 5.82 Å². The van der Waals surface area contributed by atoms with Crippen LogP contribution in [0.2, 0.25) is 0 Å². The topological polar surface area (TPSA) is 140 Å². The van der Waals surface area contributed by atoms with Gasteiger partial charge in [0.2, 0.25) is 0 Å². The Morgan fingerprint density at radius 3 is 2.50 bits per heavy atom. The molecule has 2 saturated carbocycles. The van der Waals surface area contributed by atoms with Crippen LogP contribution in [-0.2, 0) is 7.05 Å². The van der Waals surface area contributed by atoms with Gasteiger partial charge in [-0.3, -0.25) is 18.9 Å². The molecule has 62 heavy (non-hydrogen) atoms. The second-order valence-corrected chi connectivity index (χ2v) is 19.0. The molecule has 2 aliphatic carbocycles. The summed E-state index contributed by atoms with van der Waals surface area (Å²) < 4.78 is 45.2. The molecule has 2 N–H and O–H groups in total. The molecule has 0 unspecified atom stereocenters. The average molecular weight is 862 g/mol. The first kappa shape index (κ1) is 40.4. The van der Waals surface area contributed by atoms with Crippen molar-refractivity contribution < 1.29 is 18.3 Å². The quantitative estimate of drug-likeness (QED) is 0.134. The number of aromatic nitrogens is 4. The molecule has 17 heteroatoms. The van der Waals surface area contributed by atoms with Crippen molar-refractivity contribution in [2.75, 3.05) is 60.8 Å². The van der Waals surface area contributed by atoms with Crippen molar-refractivity contribution in [3.63, 3.8) is 0 Å². The Bertz CT molecular complexity index is 2740. The molecule has 3 aliphatic heterocycles. The number of carbonyl (C=O) groups is 1. The first-order valence-electron chi connectivity index (χ1n) is 21.3. The molecule has 3 aromatic carbocycles. The molecule has 5 aromatic rings. The van der Waals surface area contributed by atoms with Crippen LogP contribution in [0.1, 0.15) is 63.5 Å². The lowest BCUT2D eigenvalue weighted by Gasteiger charge is -2.63. The molecule has 0 atom stereocenters. The van der Waals surface area contributed by atoms with Crippen LogP contribution in [0.5, 0.6) is 11.5 Å². The van der Waals surface area contributed by atoms with E-state index in [9.17, 15) is 14.9 Å². The maximum Gasteiger partial charge on any atom is 0.327 e. The maximum atomic E-state index is 15.7. The number of hydrogen-bond donors (Lipinski definition) is 2. The fourth-order valence-electron chi connectivity index (χ4n) is 10.4. The lowest BCUT2D eigenvalue weighted by molar-refractivity contribution is -0.0694. The number of fused-ring (bicyclic) bond motifs is 2. The number of halogens is 2. The fraction of sp³-hybridized carbons (Fsp3) is 0.444.